The van der Waals surface area contributed by atoms with E-state index in [4.69, 9.17) is 4.74 Å². The van der Waals surface area contributed by atoms with Gasteiger partial charge in [-0.3, -0.25) is 4.90 Å². The van der Waals surface area contributed by atoms with Crippen molar-refractivity contribution >= 4 is 11.7 Å². The number of hydrogen-bond acceptors (Lipinski definition) is 5. The van der Waals surface area contributed by atoms with Crippen molar-refractivity contribution in [3.05, 3.63) is 70.8 Å². The highest BCUT2D eigenvalue weighted by Crippen LogP contribution is 2.42. The molecule has 0 radical (unpaired) electrons. The molecule has 9 heteroatoms. The molecule has 6 nitrogen and oxygen atoms in total. The quantitative estimate of drug-likeness (QED) is 0.776. The lowest BCUT2D eigenvalue weighted by molar-refractivity contribution is -0.161. The Balaban J connectivity index is 1.38. The maximum absolute atomic E-state index is 12.7. The molecule has 1 aliphatic heterocycles. The zero-order valence-electron chi connectivity index (χ0n) is 15.7. The lowest BCUT2D eigenvalue weighted by Gasteiger charge is -2.28. The maximum atomic E-state index is 12.7. The summed E-state index contributed by atoms with van der Waals surface area (Å²) in [6.07, 6.45) is 2.49. The predicted octanol–water partition coefficient (Wildman–Crippen LogP) is 3.74. The van der Waals surface area contributed by atoms with Gasteiger partial charge in [0.25, 0.3) is 0 Å². The van der Waals surface area contributed by atoms with E-state index in [1.54, 1.807) is 35.9 Å². The van der Waals surface area contributed by atoms with Crippen LogP contribution in [0.15, 0.2) is 48.3 Å². The van der Waals surface area contributed by atoms with E-state index in [0.29, 0.717) is 31.0 Å². The van der Waals surface area contributed by atoms with Gasteiger partial charge in [0.15, 0.2) is 0 Å². The average Bonchev–Trinajstić information content (AvgIpc) is 3.03. The molecule has 1 unspecified atom stereocenters. The van der Waals surface area contributed by atoms with Gasteiger partial charge in [-0.05, 0) is 47.7 Å². The second-order valence-corrected chi connectivity index (χ2v) is 7.51. The number of nitrogens with zero attached hydrogens (tertiary/aromatic N) is 3. The van der Waals surface area contributed by atoms with E-state index >= 15 is 0 Å². The highest BCUT2D eigenvalue weighted by Gasteiger charge is 2.34. The number of benzene rings is 1. The van der Waals surface area contributed by atoms with Gasteiger partial charge >= 0.3 is 12.4 Å². The topological polar surface area (TPSA) is 67.3 Å². The van der Waals surface area contributed by atoms with Crippen molar-refractivity contribution in [3.63, 3.8) is 0 Å². The van der Waals surface area contributed by atoms with Gasteiger partial charge in [0.2, 0.25) is 0 Å². The fourth-order valence-corrected chi connectivity index (χ4v) is 4.17. The SMILES string of the molecule is O=C1Oc2cc3c(cc2CN1Cc1ncccn1)C1=C(C3)CC(NC(F)(F)F)C=C1. The van der Waals surface area contributed by atoms with Crippen molar-refractivity contribution in [2.75, 3.05) is 0 Å². The number of hydrogen-bond donors (Lipinski definition) is 1. The van der Waals surface area contributed by atoms with Crippen LogP contribution in [0.4, 0.5) is 18.0 Å². The van der Waals surface area contributed by atoms with Gasteiger partial charge in [0.1, 0.15) is 11.6 Å². The van der Waals surface area contributed by atoms with Crippen molar-refractivity contribution in [2.24, 2.45) is 0 Å². The average molecular weight is 414 g/mol. The smallest absolute Gasteiger partial charge is 0.410 e. The molecule has 0 saturated heterocycles. The van der Waals surface area contributed by atoms with Gasteiger partial charge in [0.05, 0.1) is 13.1 Å². The Morgan fingerprint density at radius 2 is 2.00 bits per heavy atom. The Hall–Kier alpha value is -3.20. The van der Waals surface area contributed by atoms with Gasteiger partial charge in [-0.15, -0.1) is 0 Å². The third kappa shape index (κ3) is 3.56. The summed E-state index contributed by atoms with van der Waals surface area (Å²) in [5, 5.41) is 1.68. The zero-order chi connectivity index (χ0) is 20.9. The lowest BCUT2D eigenvalue weighted by atomic mass is 9.94. The molecule has 1 aromatic carbocycles. The first kappa shape index (κ1) is 18.8. The summed E-state index contributed by atoms with van der Waals surface area (Å²) in [4.78, 5) is 22.2. The summed E-state index contributed by atoms with van der Waals surface area (Å²) in [6.45, 7) is 0.582. The maximum Gasteiger partial charge on any atom is 0.457 e. The number of ether oxygens (including phenoxy) is 1. The standard InChI is InChI=1S/C21H17F3N4O2/c22-21(23,24)27-15-2-3-16-12(7-15)6-13-9-18-14(8-17(13)16)10-28(20(29)30-18)11-19-25-4-1-5-26-19/h1-5,8-9,15,27H,6-7,10-11H2. The Morgan fingerprint density at radius 1 is 1.20 bits per heavy atom. The Bertz CT molecular complexity index is 1080. The summed E-state index contributed by atoms with van der Waals surface area (Å²) < 4.78 is 43.5. The number of aromatic nitrogens is 2. The minimum absolute atomic E-state index is 0.231. The second-order valence-electron chi connectivity index (χ2n) is 7.51. The van der Waals surface area contributed by atoms with E-state index in [9.17, 15) is 18.0 Å². The van der Waals surface area contributed by atoms with Crippen molar-refractivity contribution < 1.29 is 22.7 Å². The van der Waals surface area contributed by atoms with Crippen molar-refractivity contribution in [1.82, 2.24) is 20.2 Å². The first-order valence-electron chi connectivity index (χ1n) is 9.49. The fourth-order valence-electron chi connectivity index (χ4n) is 4.17. The van der Waals surface area contributed by atoms with Crippen LogP contribution in [-0.2, 0) is 19.5 Å². The molecule has 0 bridgehead atoms. The number of carbonyl (C=O) groups excluding carboxylic acids is 1. The molecule has 0 fully saturated rings. The molecule has 2 aromatic rings. The van der Waals surface area contributed by atoms with E-state index in [1.165, 1.54) is 4.90 Å². The molecule has 0 saturated carbocycles. The van der Waals surface area contributed by atoms with E-state index in [-0.39, 0.29) is 6.54 Å². The molecule has 2 heterocycles. The van der Waals surface area contributed by atoms with Gasteiger partial charge < -0.3 is 4.74 Å². The van der Waals surface area contributed by atoms with E-state index in [0.717, 1.165) is 27.8 Å². The van der Waals surface area contributed by atoms with Crippen molar-refractivity contribution in [1.29, 1.82) is 0 Å². The molecule has 2 aliphatic carbocycles. The number of nitrogens with one attached hydrogen (secondary N) is 1. The summed E-state index contributed by atoms with van der Waals surface area (Å²) in [5.41, 5.74) is 4.71. The monoisotopic (exact) mass is 414 g/mol. The molecular formula is C21H17F3N4O2. The van der Waals surface area contributed by atoms with Crippen LogP contribution in [0.5, 0.6) is 5.75 Å². The summed E-state index contributed by atoms with van der Waals surface area (Å²) in [6, 6.07) is 4.73. The number of rotatable bonds is 3. The fraction of sp³-hybridized carbons (Fsp3) is 0.286. The highest BCUT2D eigenvalue weighted by atomic mass is 19.4. The Kier molecular flexibility index (Phi) is 4.35. The number of fused-ring (bicyclic) bond motifs is 3. The van der Waals surface area contributed by atoms with Crippen LogP contribution in [0, 0.1) is 0 Å². The molecular weight excluding hydrogens is 397 g/mol. The Morgan fingerprint density at radius 3 is 2.77 bits per heavy atom. The number of allylic oxidation sites excluding steroid dienone is 2. The zero-order valence-corrected chi connectivity index (χ0v) is 15.7. The first-order valence-corrected chi connectivity index (χ1v) is 9.49. The van der Waals surface area contributed by atoms with Crippen LogP contribution in [0.3, 0.4) is 0 Å². The van der Waals surface area contributed by atoms with E-state index < -0.39 is 18.4 Å². The molecule has 30 heavy (non-hydrogen) atoms. The largest absolute Gasteiger partial charge is 0.457 e. The summed E-state index contributed by atoms with van der Waals surface area (Å²) in [5.74, 6) is 1.01. The van der Waals surface area contributed by atoms with Gasteiger partial charge in [0, 0.05) is 24.0 Å². The molecule has 5 rings (SSSR count). The molecule has 1 aromatic heterocycles. The van der Waals surface area contributed by atoms with Gasteiger partial charge in [-0.2, -0.15) is 13.2 Å². The van der Waals surface area contributed by atoms with Crippen LogP contribution in [0.25, 0.3) is 5.57 Å². The number of carbonyl (C=O) groups is 1. The van der Waals surface area contributed by atoms with Crippen LogP contribution in [0.1, 0.15) is 28.9 Å². The third-order valence-electron chi connectivity index (χ3n) is 5.44. The predicted molar refractivity (Wildman–Crippen MR) is 101 cm³/mol. The molecule has 1 N–H and O–H groups in total. The first-order chi connectivity index (χ1) is 14.4. The third-order valence-corrected chi connectivity index (χ3v) is 5.44. The molecule has 1 amide bonds. The van der Waals surface area contributed by atoms with Crippen LogP contribution in [0.2, 0.25) is 0 Å². The van der Waals surface area contributed by atoms with Crippen LogP contribution < -0.4 is 10.1 Å². The number of halogens is 3. The number of alkyl halides is 3. The normalized spacial score (nSPS) is 20.0. The molecule has 0 spiro atoms. The minimum Gasteiger partial charge on any atom is -0.410 e. The van der Waals surface area contributed by atoms with Crippen LogP contribution in [-0.4, -0.2) is 33.3 Å². The number of amides is 1. The van der Waals surface area contributed by atoms with Gasteiger partial charge in [-0.25, -0.2) is 20.1 Å². The van der Waals surface area contributed by atoms with Crippen LogP contribution >= 0.6 is 0 Å². The molecule has 3 aliphatic rings. The summed E-state index contributed by atoms with van der Waals surface area (Å²) in [7, 11) is 0. The molecule has 154 valence electrons. The highest BCUT2D eigenvalue weighted by molar-refractivity contribution is 5.85. The van der Waals surface area contributed by atoms with E-state index in [2.05, 4.69) is 9.97 Å². The van der Waals surface area contributed by atoms with Gasteiger partial charge in [-0.1, -0.05) is 17.7 Å². The minimum atomic E-state index is -4.42. The second kappa shape index (κ2) is 6.94. The lowest BCUT2D eigenvalue weighted by Crippen LogP contribution is -2.40. The molecule has 1 atom stereocenters. The van der Waals surface area contributed by atoms with Crippen molar-refractivity contribution in [3.8, 4) is 5.75 Å². The summed E-state index contributed by atoms with van der Waals surface area (Å²) >= 11 is 0. The Labute approximate surface area is 170 Å². The van der Waals surface area contributed by atoms with Crippen molar-refractivity contribution in [2.45, 2.75) is 38.3 Å². The van der Waals surface area contributed by atoms with E-state index in [1.807, 2.05) is 12.1 Å².